The van der Waals surface area contributed by atoms with Crippen LogP contribution in [0.4, 0.5) is 5.69 Å². The van der Waals surface area contributed by atoms with Crippen LogP contribution in [-0.4, -0.2) is 17.8 Å². The van der Waals surface area contributed by atoms with Crippen LogP contribution < -0.4 is 9.84 Å². The molecule has 0 unspecified atom stereocenters. The number of nitro groups is 1. The molecule has 1 aromatic heterocycles. The maximum atomic E-state index is 12.1. The Morgan fingerprint density at radius 1 is 1.48 bits per heavy atom. The standard InChI is InChI=1S/C15H10N2O6/c1-22-13-7-9(6-11(15(13)19)17(20)21)5-10(8-16)14(18)12-3-2-4-23-12/h2-7,19H,1H3/p-1/b10-5+. The maximum Gasteiger partial charge on any atom is 0.266 e. The number of nitro benzene ring substituents is 1. The van der Waals surface area contributed by atoms with Gasteiger partial charge in [0.1, 0.15) is 17.4 Å². The molecular weight excluding hydrogens is 304 g/mol. The van der Waals surface area contributed by atoms with E-state index in [1.54, 1.807) is 6.07 Å². The summed E-state index contributed by atoms with van der Waals surface area (Å²) in [5.41, 5.74) is -0.891. The fourth-order valence-corrected chi connectivity index (χ4v) is 1.83. The molecule has 116 valence electrons. The Bertz CT molecular complexity index is 830. The summed E-state index contributed by atoms with van der Waals surface area (Å²) >= 11 is 0. The molecule has 0 N–H and O–H groups in total. The molecule has 0 aliphatic rings. The first-order valence-electron chi connectivity index (χ1n) is 6.21. The van der Waals surface area contributed by atoms with Crippen molar-refractivity contribution in [3.8, 4) is 17.6 Å². The number of Topliss-reactive ketones (excluding diaryl/α,β-unsaturated/α-hetero) is 1. The molecule has 0 saturated heterocycles. The molecule has 0 atom stereocenters. The first-order valence-corrected chi connectivity index (χ1v) is 6.21. The lowest BCUT2D eigenvalue weighted by atomic mass is 10.1. The minimum Gasteiger partial charge on any atom is -0.865 e. The molecule has 0 aliphatic carbocycles. The number of hydrogen-bond acceptors (Lipinski definition) is 7. The zero-order valence-corrected chi connectivity index (χ0v) is 11.8. The second kappa shape index (κ2) is 6.44. The molecule has 23 heavy (non-hydrogen) atoms. The normalized spacial score (nSPS) is 10.9. The third kappa shape index (κ3) is 3.19. The van der Waals surface area contributed by atoms with E-state index in [0.29, 0.717) is 0 Å². The summed E-state index contributed by atoms with van der Waals surface area (Å²) in [6.45, 7) is 0. The van der Waals surface area contributed by atoms with Gasteiger partial charge in [-0.2, -0.15) is 5.26 Å². The number of rotatable bonds is 5. The number of carbonyl (C=O) groups is 1. The van der Waals surface area contributed by atoms with Gasteiger partial charge in [0.15, 0.2) is 5.76 Å². The van der Waals surface area contributed by atoms with E-state index in [4.69, 9.17) is 14.4 Å². The van der Waals surface area contributed by atoms with Gasteiger partial charge >= 0.3 is 0 Å². The number of carbonyl (C=O) groups excluding carboxylic acids is 1. The number of furan rings is 1. The molecule has 0 fully saturated rings. The number of benzene rings is 1. The number of ether oxygens (including phenoxy) is 1. The lowest BCUT2D eigenvalue weighted by molar-refractivity contribution is -0.398. The van der Waals surface area contributed by atoms with Crippen molar-refractivity contribution in [1.29, 1.82) is 5.26 Å². The van der Waals surface area contributed by atoms with Gasteiger partial charge in [0.25, 0.3) is 5.69 Å². The second-order valence-corrected chi connectivity index (χ2v) is 4.30. The number of allylic oxidation sites excluding steroid dienone is 1. The lowest BCUT2D eigenvalue weighted by Gasteiger charge is -2.13. The van der Waals surface area contributed by atoms with Gasteiger partial charge in [0.05, 0.1) is 18.3 Å². The zero-order chi connectivity index (χ0) is 17.0. The van der Waals surface area contributed by atoms with E-state index in [-0.39, 0.29) is 22.6 Å². The topological polar surface area (TPSA) is 129 Å². The highest BCUT2D eigenvalue weighted by Crippen LogP contribution is 2.35. The van der Waals surface area contributed by atoms with Crippen molar-refractivity contribution >= 4 is 17.5 Å². The van der Waals surface area contributed by atoms with Gasteiger partial charge in [-0.15, -0.1) is 0 Å². The lowest BCUT2D eigenvalue weighted by Crippen LogP contribution is -2.03. The van der Waals surface area contributed by atoms with Crippen molar-refractivity contribution in [2.24, 2.45) is 0 Å². The molecule has 2 rings (SSSR count). The van der Waals surface area contributed by atoms with E-state index >= 15 is 0 Å². The van der Waals surface area contributed by atoms with Crippen LogP contribution in [0.15, 0.2) is 40.5 Å². The summed E-state index contributed by atoms with van der Waals surface area (Å²) in [4.78, 5) is 22.1. The van der Waals surface area contributed by atoms with Gasteiger partial charge in [0.2, 0.25) is 5.78 Å². The van der Waals surface area contributed by atoms with Crippen molar-refractivity contribution in [3.63, 3.8) is 0 Å². The average Bonchev–Trinajstić information content (AvgIpc) is 3.07. The first-order chi connectivity index (χ1) is 11.0. The third-order valence-corrected chi connectivity index (χ3v) is 2.90. The molecule has 8 nitrogen and oxygen atoms in total. The minimum atomic E-state index is -0.884. The van der Waals surface area contributed by atoms with E-state index in [1.807, 2.05) is 0 Å². The number of nitriles is 1. The molecule has 0 aliphatic heterocycles. The molecule has 1 heterocycles. The summed E-state index contributed by atoms with van der Waals surface area (Å²) in [5.74, 6) is -1.86. The molecule has 0 saturated carbocycles. The molecule has 0 spiro atoms. The zero-order valence-electron chi connectivity index (χ0n) is 11.8. The highest BCUT2D eigenvalue weighted by Gasteiger charge is 2.17. The summed E-state index contributed by atoms with van der Waals surface area (Å²) in [6.07, 6.45) is 2.40. The van der Waals surface area contributed by atoms with Crippen LogP contribution in [0.5, 0.6) is 11.5 Å². The van der Waals surface area contributed by atoms with Gasteiger partial charge < -0.3 is 14.3 Å². The van der Waals surface area contributed by atoms with Crippen LogP contribution in [0.2, 0.25) is 0 Å². The van der Waals surface area contributed by atoms with E-state index in [9.17, 15) is 20.0 Å². The van der Waals surface area contributed by atoms with Gasteiger partial charge in [0, 0.05) is 11.8 Å². The summed E-state index contributed by atoms with van der Waals surface area (Å²) in [6, 6.07) is 6.76. The van der Waals surface area contributed by atoms with E-state index in [2.05, 4.69) is 0 Å². The van der Waals surface area contributed by atoms with Gasteiger partial charge in [-0.3, -0.25) is 14.9 Å². The molecule has 2 aromatic rings. The van der Waals surface area contributed by atoms with Crippen LogP contribution in [0, 0.1) is 21.4 Å². The molecule has 0 radical (unpaired) electrons. The van der Waals surface area contributed by atoms with Crippen molar-refractivity contribution in [1.82, 2.24) is 0 Å². The maximum absolute atomic E-state index is 12.1. The Hall–Kier alpha value is -3.60. The first kappa shape index (κ1) is 15.8. The Morgan fingerprint density at radius 2 is 2.22 bits per heavy atom. The van der Waals surface area contributed by atoms with E-state index < -0.39 is 22.1 Å². The van der Waals surface area contributed by atoms with Crippen molar-refractivity contribution in [3.05, 3.63) is 57.5 Å². The Labute approximate surface area is 130 Å². The van der Waals surface area contributed by atoms with E-state index in [0.717, 1.165) is 12.1 Å². The van der Waals surface area contributed by atoms with Crippen molar-refractivity contribution < 1.29 is 24.0 Å². The van der Waals surface area contributed by atoms with Gasteiger partial charge in [-0.1, -0.05) is 0 Å². The number of hydrogen-bond donors (Lipinski definition) is 0. The van der Waals surface area contributed by atoms with Crippen LogP contribution >= 0.6 is 0 Å². The second-order valence-electron chi connectivity index (χ2n) is 4.30. The predicted molar refractivity (Wildman–Crippen MR) is 75.7 cm³/mol. The average molecular weight is 313 g/mol. The van der Waals surface area contributed by atoms with Gasteiger partial charge in [-0.05, 0) is 29.8 Å². The summed E-state index contributed by atoms with van der Waals surface area (Å²) in [7, 11) is 1.19. The highest BCUT2D eigenvalue weighted by atomic mass is 16.6. The van der Waals surface area contributed by atoms with Crippen LogP contribution in [0.1, 0.15) is 16.1 Å². The summed E-state index contributed by atoms with van der Waals surface area (Å²) < 4.78 is 9.71. The van der Waals surface area contributed by atoms with Crippen LogP contribution in [0.25, 0.3) is 6.08 Å². The Balaban J connectivity index is 2.52. The smallest absolute Gasteiger partial charge is 0.266 e. The Morgan fingerprint density at radius 3 is 2.74 bits per heavy atom. The monoisotopic (exact) mass is 313 g/mol. The molecule has 0 amide bonds. The Kier molecular flexibility index (Phi) is 4.42. The third-order valence-electron chi connectivity index (χ3n) is 2.90. The molecule has 0 bridgehead atoms. The molecule has 8 heteroatoms. The van der Waals surface area contributed by atoms with Crippen molar-refractivity contribution in [2.45, 2.75) is 0 Å². The fourth-order valence-electron chi connectivity index (χ4n) is 1.83. The van der Waals surface area contributed by atoms with Crippen LogP contribution in [0.3, 0.4) is 0 Å². The quantitative estimate of drug-likeness (QED) is 0.271. The number of nitrogens with zero attached hydrogens (tertiary/aromatic N) is 2. The predicted octanol–water partition coefficient (Wildman–Crippen LogP) is 2.06. The van der Waals surface area contributed by atoms with Gasteiger partial charge in [-0.25, -0.2) is 0 Å². The van der Waals surface area contributed by atoms with Crippen LogP contribution in [-0.2, 0) is 0 Å². The highest BCUT2D eigenvalue weighted by molar-refractivity contribution is 6.12. The number of ketones is 1. The van der Waals surface area contributed by atoms with Crippen molar-refractivity contribution in [2.75, 3.05) is 7.11 Å². The largest absolute Gasteiger partial charge is 0.865 e. The minimum absolute atomic E-state index is 0.0419. The molecular formula is C15H9N2O6-. The van der Waals surface area contributed by atoms with E-state index in [1.165, 1.54) is 31.6 Å². The fraction of sp³-hybridized carbons (Fsp3) is 0.0667. The summed E-state index contributed by atoms with van der Waals surface area (Å²) in [5, 5.41) is 31.7. The molecule has 1 aromatic carbocycles. The SMILES string of the molecule is COc1cc(/C=C(\C#N)C(=O)c2ccco2)cc([N+](=O)[O-])c1[O-]. The number of methoxy groups -OCH3 is 1.